The topological polar surface area (TPSA) is 110 Å². The molecule has 39 heavy (non-hydrogen) atoms. The van der Waals surface area contributed by atoms with Crippen LogP contribution in [-0.2, 0) is 17.1 Å². The molecule has 0 saturated heterocycles. The van der Waals surface area contributed by atoms with Crippen LogP contribution >= 0.6 is 0 Å². The van der Waals surface area contributed by atoms with Crippen molar-refractivity contribution in [2.45, 2.75) is 0 Å². The second-order valence-corrected chi connectivity index (χ2v) is 8.53. The number of hydrogen-bond acceptors (Lipinski definition) is 6. The number of aromatic nitrogens is 4. The van der Waals surface area contributed by atoms with Crippen LogP contribution < -0.4 is 10.1 Å². The number of nitrogens with zero attached hydrogens (tertiary/aromatic N) is 4. The minimum atomic E-state index is -0.248. The van der Waals surface area contributed by atoms with Crippen LogP contribution in [0.2, 0.25) is 0 Å². The first kappa shape index (κ1) is 25.7. The van der Waals surface area contributed by atoms with Crippen LogP contribution in [0.4, 0.5) is 0 Å². The summed E-state index contributed by atoms with van der Waals surface area (Å²) >= 11 is 0. The van der Waals surface area contributed by atoms with Gasteiger partial charge in [-0.1, -0.05) is 78.6 Å². The summed E-state index contributed by atoms with van der Waals surface area (Å²) in [6, 6.07) is 28.1. The SMILES string of the molecule is O=C1c2ccccc2C(=O)c2c1ccc1nc(-c3ccccc3[O-])[n-]c21.[Cu+2].c1ccc(-c2ccccn2)nc1. The maximum Gasteiger partial charge on any atom is 2.00 e. The van der Waals surface area contributed by atoms with Crippen molar-refractivity contribution >= 4 is 22.6 Å². The van der Waals surface area contributed by atoms with Crippen molar-refractivity contribution in [1.82, 2.24) is 19.9 Å². The summed E-state index contributed by atoms with van der Waals surface area (Å²) in [4.78, 5) is 43.0. The molecule has 191 valence electrons. The number of carbonyl (C=O) groups is 2. The van der Waals surface area contributed by atoms with E-state index in [0.29, 0.717) is 33.3 Å². The molecule has 0 bridgehead atoms. The summed E-state index contributed by atoms with van der Waals surface area (Å²) in [5, 5.41) is 12.1. The monoisotopic (exact) mass is 557 g/mol. The van der Waals surface area contributed by atoms with Crippen LogP contribution in [0.1, 0.15) is 31.8 Å². The fourth-order valence-electron chi connectivity index (χ4n) is 4.41. The summed E-state index contributed by atoms with van der Waals surface area (Å²) in [5.41, 5.74) is 4.39. The van der Waals surface area contributed by atoms with E-state index in [9.17, 15) is 14.7 Å². The number of carbonyl (C=O) groups excluding carboxylic acids is 2. The molecule has 0 fully saturated rings. The molecule has 0 saturated carbocycles. The molecule has 0 N–H and O–H groups in total. The third-order valence-electron chi connectivity index (χ3n) is 6.21. The normalized spacial score (nSPS) is 11.6. The molecule has 1 aliphatic carbocycles. The Morgan fingerprint density at radius 2 is 1.15 bits per heavy atom. The first-order chi connectivity index (χ1) is 18.6. The third-order valence-corrected chi connectivity index (χ3v) is 6.21. The average Bonchev–Trinajstić information content (AvgIpc) is 3.41. The fraction of sp³-hybridized carbons (Fsp3) is 0. The maximum atomic E-state index is 13.0. The molecule has 0 atom stereocenters. The smallest absolute Gasteiger partial charge is 0.872 e. The van der Waals surface area contributed by atoms with E-state index in [-0.39, 0.29) is 45.8 Å². The predicted molar refractivity (Wildman–Crippen MR) is 141 cm³/mol. The van der Waals surface area contributed by atoms with Gasteiger partial charge in [0.05, 0.1) is 11.4 Å². The number of para-hydroxylation sites is 1. The molecule has 7 rings (SSSR count). The number of hydrogen-bond donors (Lipinski definition) is 0. The van der Waals surface area contributed by atoms with Crippen LogP contribution in [0.15, 0.2) is 109 Å². The zero-order valence-corrected chi connectivity index (χ0v) is 21.1. The van der Waals surface area contributed by atoms with E-state index in [1.165, 1.54) is 6.07 Å². The summed E-state index contributed by atoms with van der Waals surface area (Å²) in [6.45, 7) is 0. The second kappa shape index (κ2) is 10.8. The third kappa shape index (κ3) is 4.75. The Balaban J connectivity index is 0.000000200. The van der Waals surface area contributed by atoms with E-state index in [0.717, 1.165) is 11.4 Å². The van der Waals surface area contributed by atoms with Crippen molar-refractivity contribution in [3.63, 3.8) is 0 Å². The number of benzene rings is 3. The predicted octanol–water partition coefficient (Wildman–Crippen LogP) is 4.85. The van der Waals surface area contributed by atoms with Gasteiger partial charge in [0.2, 0.25) is 0 Å². The number of rotatable bonds is 2. The molecule has 6 aromatic rings. The van der Waals surface area contributed by atoms with Crippen LogP contribution in [0, 0.1) is 0 Å². The minimum absolute atomic E-state index is 0. The molecule has 3 heterocycles. The van der Waals surface area contributed by atoms with Gasteiger partial charge in [-0.2, -0.15) is 0 Å². The second-order valence-electron chi connectivity index (χ2n) is 8.53. The quantitative estimate of drug-likeness (QED) is 0.279. The summed E-state index contributed by atoms with van der Waals surface area (Å²) < 4.78 is 0. The molecular formula is C31H18CuN4O3. The van der Waals surface area contributed by atoms with Gasteiger partial charge >= 0.3 is 17.1 Å². The largest absolute Gasteiger partial charge is 2.00 e. The Labute approximate surface area is 234 Å². The van der Waals surface area contributed by atoms with Crippen LogP contribution in [0.3, 0.4) is 0 Å². The molecule has 3 aromatic heterocycles. The standard InChI is InChI=1S/C21H12N2O3.C10H8N2.Cu/c24-16-8-4-3-7-13(16)21-22-15-10-9-14-17(18(15)23-21)20(26)12-6-2-1-5-11(12)19(14)25;1-3-7-11-9(5-1)10-6-2-4-8-12-10;/h1-10H,(H2,22,23,24,25,26);1-8H;/q;;+2/p-2. The first-order valence-electron chi connectivity index (χ1n) is 11.9. The maximum absolute atomic E-state index is 13.0. The van der Waals surface area contributed by atoms with E-state index in [4.69, 9.17) is 0 Å². The Morgan fingerprint density at radius 3 is 1.74 bits per heavy atom. The molecular weight excluding hydrogens is 540 g/mol. The molecule has 0 aliphatic heterocycles. The van der Waals surface area contributed by atoms with E-state index in [2.05, 4.69) is 19.9 Å². The van der Waals surface area contributed by atoms with Crippen molar-refractivity contribution in [3.8, 4) is 28.5 Å². The summed E-state index contributed by atoms with van der Waals surface area (Å²) in [7, 11) is 0. The van der Waals surface area contributed by atoms with E-state index >= 15 is 0 Å². The van der Waals surface area contributed by atoms with Gasteiger partial charge < -0.3 is 15.1 Å². The van der Waals surface area contributed by atoms with Crippen LogP contribution in [-0.4, -0.2) is 26.5 Å². The number of pyridine rings is 2. The zero-order chi connectivity index (χ0) is 26.1. The van der Waals surface area contributed by atoms with Crippen molar-refractivity contribution in [2.24, 2.45) is 0 Å². The van der Waals surface area contributed by atoms with Gasteiger partial charge in [-0.15, -0.1) is 5.75 Å². The Hall–Kier alpha value is -4.91. The molecule has 7 nitrogen and oxygen atoms in total. The molecule has 0 unspecified atom stereocenters. The van der Waals surface area contributed by atoms with Gasteiger partial charge in [0, 0.05) is 34.6 Å². The van der Waals surface area contributed by atoms with Crippen LogP contribution in [0.25, 0.3) is 33.8 Å². The van der Waals surface area contributed by atoms with E-state index in [1.54, 1.807) is 67.0 Å². The zero-order valence-electron chi connectivity index (χ0n) is 20.2. The Morgan fingerprint density at radius 1 is 0.590 bits per heavy atom. The molecule has 3 aromatic carbocycles. The fourth-order valence-corrected chi connectivity index (χ4v) is 4.41. The molecule has 1 aliphatic rings. The minimum Gasteiger partial charge on any atom is -0.872 e. The summed E-state index contributed by atoms with van der Waals surface area (Å²) in [5.74, 6) is -0.379. The van der Waals surface area contributed by atoms with Gasteiger partial charge in [-0.25, -0.2) is 0 Å². The van der Waals surface area contributed by atoms with E-state index < -0.39 is 0 Å². The number of imidazole rings is 1. The van der Waals surface area contributed by atoms with Crippen molar-refractivity contribution in [1.29, 1.82) is 0 Å². The van der Waals surface area contributed by atoms with Crippen LogP contribution in [0.5, 0.6) is 5.75 Å². The Bertz CT molecular complexity index is 1780. The number of ketones is 2. The van der Waals surface area contributed by atoms with Gasteiger partial charge in [-0.3, -0.25) is 19.6 Å². The Kier molecular flexibility index (Phi) is 7.14. The van der Waals surface area contributed by atoms with Gasteiger partial charge in [-0.05, 0) is 40.9 Å². The first-order valence-corrected chi connectivity index (χ1v) is 11.9. The summed E-state index contributed by atoms with van der Waals surface area (Å²) in [6.07, 6.45) is 3.54. The average molecular weight is 558 g/mol. The number of fused-ring (bicyclic) bond motifs is 4. The van der Waals surface area contributed by atoms with E-state index in [1.807, 2.05) is 36.4 Å². The van der Waals surface area contributed by atoms with Crippen molar-refractivity contribution < 1.29 is 31.8 Å². The molecule has 0 amide bonds. The van der Waals surface area contributed by atoms with Crippen molar-refractivity contribution in [2.75, 3.05) is 0 Å². The molecule has 8 heteroatoms. The van der Waals surface area contributed by atoms with Crippen molar-refractivity contribution in [3.05, 3.63) is 132 Å². The molecule has 1 radical (unpaired) electrons. The van der Waals surface area contributed by atoms with Gasteiger partial charge in [0.1, 0.15) is 0 Å². The van der Waals surface area contributed by atoms with Gasteiger partial charge in [0.25, 0.3) is 0 Å². The molecule has 0 spiro atoms. The van der Waals surface area contributed by atoms with Gasteiger partial charge in [0.15, 0.2) is 11.6 Å².